The third-order valence-electron chi connectivity index (χ3n) is 3.85. The number of nitrogens with zero attached hydrogens (tertiary/aromatic N) is 3. The Morgan fingerprint density at radius 3 is 2.41 bits per heavy atom. The maximum atomic E-state index is 8.74. The molecule has 146 valence electrons. The summed E-state index contributed by atoms with van der Waals surface area (Å²) in [6.45, 7) is 14.1. The Morgan fingerprint density at radius 1 is 1.19 bits per heavy atom. The molecule has 0 spiro atoms. The molecule has 0 saturated heterocycles. The number of hydrogen-bond donors (Lipinski definition) is 0. The fourth-order valence-corrected chi connectivity index (χ4v) is 4.40. The first-order chi connectivity index (χ1) is 13.1. The number of allylic oxidation sites excluding steroid dienone is 2. The minimum absolute atomic E-state index is 0.625. The van der Waals surface area contributed by atoms with Gasteiger partial charge < -0.3 is 0 Å². The third kappa shape index (κ3) is 10.4. The van der Waals surface area contributed by atoms with Crippen molar-refractivity contribution in [3.05, 3.63) is 53.1 Å². The fourth-order valence-electron chi connectivity index (χ4n) is 2.45. The summed E-state index contributed by atoms with van der Waals surface area (Å²) in [6.07, 6.45) is 4.80. The molecule has 5 heteroatoms. The number of nitriles is 1. The van der Waals surface area contributed by atoms with Gasteiger partial charge in [0.1, 0.15) is 0 Å². The molecule has 0 atom stereocenters. The van der Waals surface area contributed by atoms with Crippen LogP contribution in [-0.2, 0) is 5.75 Å². The lowest BCUT2D eigenvalue weighted by molar-refractivity contribution is 0.467. The first-order valence-electron chi connectivity index (χ1n) is 9.50. The molecule has 0 bridgehead atoms. The van der Waals surface area contributed by atoms with Crippen LogP contribution in [0.4, 0.5) is 0 Å². The zero-order chi connectivity index (χ0) is 19.9. The van der Waals surface area contributed by atoms with Gasteiger partial charge in [0.25, 0.3) is 0 Å². The normalized spacial score (nSPS) is 11.4. The molecule has 1 aromatic carbocycles. The highest BCUT2D eigenvalue weighted by molar-refractivity contribution is 8.01. The van der Waals surface area contributed by atoms with E-state index in [1.54, 1.807) is 11.8 Å². The minimum Gasteiger partial charge on any atom is -0.269 e. The largest absolute Gasteiger partial charge is 0.269 e. The molecule has 1 aromatic rings. The molecule has 27 heavy (non-hydrogen) atoms. The highest BCUT2D eigenvalue weighted by Crippen LogP contribution is 2.25. The molecular weight excluding hydrogens is 370 g/mol. The van der Waals surface area contributed by atoms with Gasteiger partial charge in [0, 0.05) is 35.0 Å². The number of aliphatic imine (C=N–C) groups is 1. The van der Waals surface area contributed by atoms with Crippen LogP contribution in [0.15, 0.2) is 57.4 Å². The smallest absolute Gasteiger partial charge is 0.0940 e. The number of hydrogen-bond acceptors (Lipinski definition) is 5. The van der Waals surface area contributed by atoms with E-state index in [0.717, 1.165) is 43.8 Å². The van der Waals surface area contributed by atoms with Gasteiger partial charge >= 0.3 is 0 Å². The van der Waals surface area contributed by atoms with Gasteiger partial charge in [-0.05, 0) is 73.9 Å². The van der Waals surface area contributed by atoms with E-state index in [4.69, 9.17) is 5.26 Å². The van der Waals surface area contributed by atoms with Gasteiger partial charge in [0.15, 0.2) is 0 Å². The molecule has 0 unspecified atom stereocenters. The Morgan fingerprint density at radius 2 is 1.85 bits per heavy atom. The Balaban J connectivity index is 2.46. The van der Waals surface area contributed by atoms with Crippen molar-refractivity contribution in [2.24, 2.45) is 4.99 Å². The monoisotopic (exact) mass is 401 g/mol. The lowest BCUT2D eigenvalue weighted by Gasteiger charge is -2.19. The molecule has 0 N–H and O–H groups in total. The van der Waals surface area contributed by atoms with E-state index in [2.05, 4.69) is 72.2 Å². The van der Waals surface area contributed by atoms with Crippen molar-refractivity contribution in [3.63, 3.8) is 0 Å². The number of thioether (sulfide) groups is 1. The molecule has 0 aliphatic rings. The predicted octanol–water partition coefficient (Wildman–Crippen LogP) is 6.84. The van der Waals surface area contributed by atoms with Crippen LogP contribution < -0.4 is 0 Å². The van der Waals surface area contributed by atoms with Crippen LogP contribution in [0.25, 0.3) is 0 Å². The molecule has 0 aliphatic heterocycles. The van der Waals surface area contributed by atoms with E-state index in [9.17, 15) is 0 Å². The van der Waals surface area contributed by atoms with Gasteiger partial charge in [0.2, 0.25) is 0 Å². The molecule has 0 amide bonds. The maximum absolute atomic E-state index is 8.74. The van der Waals surface area contributed by atoms with Crippen molar-refractivity contribution >= 4 is 30.4 Å². The summed E-state index contributed by atoms with van der Waals surface area (Å²) in [7, 11) is 0. The zero-order valence-electron chi connectivity index (χ0n) is 16.6. The fraction of sp³-hybridized carbons (Fsp3) is 0.455. The van der Waals surface area contributed by atoms with E-state index in [1.165, 1.54) is 23.3 Å². The molecule has 1 rings (SSSR count). The highest BCUT2D eigenvalue weighted by Gasteiger charge is 2.05. The van der Waals surface area contributed by atoms with Crippen molar-refractivity contribution < 1.29 is 0 Å². The first-order valence-corrected chi connectivity index (χ1v) is 11.3. The Labute approximate surface area is 173 Å². The Hall–Kier alpha value is -1.48. The van der Waals surface area contributed by atoms with Gasteiger partial charge in [-0.2, -0.15) is 5.26 Å². The van der Waals surface area contributed by atoms with Crippen molar-refractivity contribution in [1.82, 2.24) is 4.31 Å². The van der Waals surface area contributed by atoms with E-state index >= 15 is 0 Å². The summed E-state index contributed by atoms with van der Waals surface area (Å²) in [6, 6.07) is 10.9. The molecule has 3 nitrogen and oxygen atoms in total. The van der Waals surface area contributed by atoms with E-state index in [-0.39, 0.29) is 0 Å². The summed E-state index contributed by atoms with van der Waals surface area (Å²) in [4.78, 5) is 5.39. The van der Waals surface area contributed by atoms with Crippen LogP contribution in [0.2, 0.25) is 0 Å². The highest BCUT2D eigenvalue weighted by atomic mass is 32.2. The van der Waals surface area contributed by atoms with Crippen LogP contribution >= 0.6 is 23.7 Å². The first kappa shape index (κ1) is 23.6. The van der Waals surface area contributed by atoms with Crippen LogP contribution in [0, 0.1) is 11.3 Å². The maximum Gasteiger partial charge on any atom is 0.0940 e. The van der Waals surface area contributed by atoms with Crippen molar-refractivity contribution in [3.8, 4) is 6.07 Å². The van der Waals surface area contributed by atoms with Gasteiger partial charge in [0.05, 0.1) is 6.07 Å². The van der Waals surface area contributed by atoms with Gasteiger partial charge in [-0.1, -0.05) is 32.6 Å². The van der Waals surface area contributed by atoms with E-state index in [1.807, 2.05) is 11.9 Å². The summed E-state index contributed by atoms with van der Waals surface area (Å²) in [5.74, 6) is 0.919. The second-order valence-electron chi connectivity index (χ2n) is 6.31. The van der Waals surface area contributed by atoms with Crippen LogP contribution in [0.5, 0.6) is 0 Å². The molecule has 0 aliphatic carbocycles. The average molecular weight is 402 g/mol. The molecule has 0 fully saturated rings. The second-order valence-corrected chi connectivity index (χ2v) is 8.34. The van der Waals surface area contributed by atoms with Gasteiger partial charge in [-0.15, -0.1) is 11.8 Å². The average Bonchev–Trinajstić information content (AvgIpc) is 2.68. The van der Waals surface area contributed by atoms with Crippen molar-refractivity contribution in [2.75, 3.05) is 13.1 Å². The standard InChI is InChI=1S/C22H31N3S2/c1-5-14-25(15-6-2)27-22-12-10-20(11-13-22)17-26-18-21(24-4)9-7-8-19(3)16-23/h10-13,18H,3-9,14-15,17H2,1-2H3/b21-18-. The number of rotatable bonds is 14. The lowest BCUT2D eigenvalue weighted by Crippen LogP contribution is -2.17. The molecular formula is C22H31N3S2. The second kappa shape index (κ2) is 14.6. The summed E-state index contributed by atoms with van der Waals surface area (Å²) in [5.41, 5.74) is 2.91. The Bertz CT molecular complexity index is 639. The van der Waals surface area contributed by atoms with E-state index < -0.39 is 0 Å². The van der Waals surface area contributed by atoms with E-state index in [0.29, 0.717) is 5.57 Å². The third-order valence-corrected chi connectivity index (χ3v) is 5.89. The molecule has 0 radical (unpaired) electrons. The van der Waals surface area contributed by atoms with Crippen LogP contribution in [0.3, 0.4) is 0 Å². The zero-order valence-corrected chi connectivity index (χ0v) is 18.2. The molecule has 0 saturated carbocycles. The predicted molar refractivity (Wildman–Crippen MR) is 122 cm³/mol. The quantitative estimate of drug-likeness (QED) is 0.194. The van der Waals surface area contributed by atoms with Crippen LogP contribution in [-0.4, -0.2) is 24.1 Å². The lowest BCUT2D eigenvalue weighted by atomic mass is 10.1. The van der Waals surface area contributed by atoms with Crippen molar-refractivity contribution in [2.45, 2.75) is 56.6 Å². The topological polar surface area (TPSA) is 39.4 Å². The summed E-state index contributed by atoms with van der Waals surface area (Å²) < 4.78 is 2.44. The van der Waals surface area contributed by atoms with Gasteiger partial charge in [-0.25, -0.2) is 4.31 Å². The summed E-state index contributed by atoms with van der Waals surface area (Å²) in [5, 5.41) is 10.8. The number of benzene rings is 1. The van der Waals surface area contributed by atoms with Gasteiger partial charge in [-0.3, -0.25) is 4.99 Å². The SMILES string of the molecule is C=N/C(=C\SCc1ccc(SN(CCC)CCC)cc1)CCCC(=C)C#N. The molecule has 0 heterocycles. The Kier molecular flexibility index (Phi) is 12.7. The van der Waals surface area contributed by atoms with Crippen molar-refractivity contribution in [1.29, 1.82) is 5.26 Å². The summed E-state index contributed by atoms with van der Waals surface area (Å²) >= 11 is 3.59. The minimum atomic E-state index is 0.625. The van der Waals surface area contributed by atoms with Crippen LogP contribution in [0.1, 0.15) is 51.5 Å². The molecule has 0 aromatic heterocycles.